The molecule has 0 spiro atoms. The van der Waals surface area contributed by atoms with Crippen LogP contribution in [0.4, 0.5) is 5.69 Å². The van der Waals surface area contributed by atoms with E-state index >= 15 is 0 Å². The highest BCUT2D eigenvalue weighted by molar-refractivity contribution is 5.94. The van der Waals surface area contributed by atoms with Crippen molar-refractivity contribution in [2.75, 3.05) is 18.5 Å². The van der Waals surface area contributed by atoms with E-state index in [2.05, 4.69) is 5.32 Å². The number of anilines is 1. The number of rotatable bonds is 8. The third kappa shape index (κ3) is 5.47. The maximum atomic E-state index is 12.6. The van der Waals surface area contributed by atoms with Gasteiger partial charge in [-0.3, -0.25) is 4.79 Å². The quantitative estimate of drug-likeness (QED) is 0.752. The molecule has 0 radical (unpaired) electrons. The Balaban J connectivity index is 1.53. The fourth-order valence-electron chi connectivity index (χ4n) is 2.99. The summed E-state index contributed by atoms with van der Waals surface area (Å²) < 4.78 is 17.2. The second-order valence-corrected chi connectivity index (χ2v) is 6.74. The highest BCUT2D eigenvalue weighted by atomic mass is 16.5. The fourth-order valence-corrected chi connectivity index (χ4v) is 2.99. The molecule has 2 atom stereocenters. The van der Waals surface area contributed by atoms with Gasteiger partial charge < -0.3 is 19.5 Å². The van der Waals surface area contributed by atoms with E-state index in [-0.39, 0.29) is 12.0 Å². The lowest BCUT2D eigenvalue weighted by Gasteiger charge is -2.18. The first kappa shape index (κ1) is 19.2. The predicted octanol–water partition coefficient (Wildman–Crippen LogP) is 4.35. The number of aryl methyl sites for hydroxylation is 1. The molecule has 1 aliphatic heterocycles. The summed E-state index contributed by atoms with van der Waals surface area (Å²) in [6.45, 7) is 5.29. The van der Waals surface area contributed by atoms with Crippen LogP contribution in [-0.2, 0) is 9.53 Å². The van der Waals surface area contributed by atoms with Crippen LogP contribution in [0.5, 0.6) is 11.5 Å². The maximum absolute atomic E-state index is 12.6. The van der Waals surface area contributed by atoms with Gasteiger partial charge in [0.05, 0.1) is 6.10 Å². The van der Waals surface area contributed by atoms with Crippen LogP contribution < -0.4 is 14.8 Å². The lowest BCUT2D eigenvalue weighted by molar-refractivity contribution is -0.122. The van der Waals surface area contributed by atoms with Crippen LogP contribution in [0.25, 0.3) is 0 Å². The van der Waals surface area contributed by atoms with Gasteiger partial charge in [-0.25, -0.2) is 0 Å². The van der Waals surface area contributed by atoms with Gasteiger partial charge in [-0.1, -0.05) is 25.1 Å². The summed E-state index contributed by atoms with van der Waals surface area (Å²) in [6, 6.07) is 15.1. The molecule has 0 unspecified atom stereocenters. The normalized spacial score (nSPS) is 17.3. The molecular weight excluding hydrogens is 342 g/mol. The van der Waals surface area contributed by atoms with Crippen LogP contribution >= 0.6 is 0 Å². The van der Waals surface area contributed by atoms with Gasteiger partial charge in [0.2, 0.25) is 0 Å². The molecular formula is C22H27NO4. The van der Waals surface area contributed by atoms with Crippen molar-refractivity contribution in [3.8, 4) is 11.5 Å². The molecule has 5 nitrogen and oxygen atoms in total. The highest BCUT2D eigenvalue weighted by Crippen LogP contribution is 2.21. The molecule has 3 rings (SSSR count). The topological polar surface area (TPSA) is 56.8 Å². The molecule has 1 amide bonds. The lowest BCUT2D eigenvalue weighted by Crippen LogP contribution is -2.32. The Bertz CT molecular complexity index is 738. The molecule has 1 aliphatic rings. The van der Waals surface area contributed by atoms with Crippen molar-refractivity contribution in [1.29, 1.82) is 0 Å². The highest BCUT2D eigenvalue weighted by Gasteiger charge is 2.19. The SMILES string of the molecule is CC[C@H](Oc1ccccc1C)C(=O)Nc1ccc(OC[C@H]2CCCO2)cc1. The minimum atomic E-state index is -0.540. The molecule has 1 saturated heterocycles. The Kier molecular flexibility index (Phi) is 6.71. The van der Waals surface area contributed by atoms with E-state index in [9.17, 15) is 4.79 Å². The number of carbonyl (C=O) groups excluding carboxylic acids is 1. The largest absolute Gasteiger partial charge is 0.491 e. The lowest BCUT2D eigenvalue weighted by atomic mass is 10.2. The second-order valence-electron chi connectivity index (χ2n) is 6.74. The van der Waals surface area contributed by atoms with E-state index in [0.29, 0.717) is 13.0 Å². The third-order valence-electron chi connectivity index (χ3n) is 4.61. The first-order chi connectivity index (χ1) is 13.2. The standard InChI is InChI=1S/C22H27NO4/c1-3-20(27-21-9-5-4-7-16(21)2)22(24)23-17-10-12-18(13-11-17)26-15-19-8-6-14-25-19/h4-5,7,9-13,19-20H,3,6,8,14-15H2,1-2H3,(H,23,24)/t19-,20+/m1/s1. The van der Waals surface area contributed by atoms with Gasteiger partial charge >= 0.3 is 0 Å². The van der Waals surface area contributed by atoms with Crippen LogP contribution in [0.1, 0.15) is 31.7 Å². The zero-order chi connectivity index (χ0) is 19.1. The summed E-state index contributed by atoms with van der Waals surface area (Å²) >= 11 is 0. The summed E-state index contributed by atoms with van der Waals surface area (Å²) in [5.74, 6) is 1.35. The van der Waals surface area contributed by atoms with Crippen LogP contribution in [0.3, 0.4) is 0 Å². The third-order valence-corrected chi connectivity index (χ3v) is 4.61. The molecule has 2 aromatic carbocycles. The van der Waals surface area contributed by atoms with Gasteiger partial charge in [0.15, 0.2) is 6.10 Å². The average molecular weight is 369 g/mol. The zero-order valence-electron chi connectivity index (χ0n) is 15.9. The number of ether oxygens (including phenoxy) is 3. The summed E-state index contributed by atoms with van der Waals surface area (Å²) in [4.78, 5) is 12.6. The summed E-state index contributed by atoms with van der Waals surface area (Å²) in [6.07, 6.45) is 2.38. The number of para-hydroxylation sites is 1. The van der Waals surface area contributed by atoms with Gasteiger partial charge in [0.1, 0.15) is 18.1 Å². The van der Waals surface area contributed by atoms with Crippen molar-refractivity contribution in [3.63, 3.8) is 0 Å². The Hall–Kier alpha value is -2.53. The second kappa shape index (κ2) is 9.42. The van der Waals surface area contributed by atoms with Crippen molar-refractivity contribution in [2.45, 2.75) is 45.3 Å². The number of nitrogens with one attached hydrogen (secondary N) is 1. The van der Waals surface area contributed by atoms with Gasteiger partial charge in [0.25, 0.3) is 5.91 Å². The number of hydrogen-bond donors (Lipinski definition) is 1. The number of benzene rings is 2. The molecule has 1 fully saturated rings. The molecule has 2 aromatic rings. The Morgan fingerprint density at radius 2 is 2.00 bits per heavy atom. The maximum Gasteiger partial charge on any atom is 0.265 e. The van der Waals surface area contributed by atoms with Crippen LogP contribution in [0, 0.1) is 6.92 Å². The van der Waals surface area contributed by atoms with E-state index < -0.39 is 6.10 Å². The minimum Gasteiger partial charge on any atom is -0.491 e. The van der Waals surface area contributed by atoms with Crippen LogP contribution in [0.2, 0.25) is 0 Å². The molecule has 0 aliphatic carbocycles. The first-order valence-corrected chi connectivity index (χ1v) is 9.53. The minimum absolute atomic E-state index is 0.159. The van der Waals surface area contributed by atoms with Gasteiger partial charge in [-0.15, -0.1) is 0 Å². The van der Waals surface area contributed by atoms with Gasteiger partial charge in [0, 0.05) is 12.3 Å². The van der Waals surface area contributed by atoms with Gasteiger partial charge in [-0.2, -0.15) is 0 Å². The number of hydrogen-bond acceptors (Lipinski definition) is 4. The molecule has 1 heterocycles. The van der Waals surface area contributed by atoms with E-state index in [1.807, 2.05) is 62.4 Å². The van der Waals surface area contributed by atoms with E-state index in [4.69, 9.17) is 14.2 Å². The van der Waals surface area contributed by atoms with E-state index in [1.165, 1.54) is 0 Å². The first-order valence-electron chi connectivity index (χ1n) is 9.53. The molecule has 0 saturated carbocycles. The Morgan fingerprint density at radius 3 is 2.67 bits per heavy atom. The number of carbonyl (C=O) groups is 1. The Morgan fingerprint density at radius 1 is 1.22 bits per heavy atom. The van der Waals surface area contributed by atoms with Crippen LogP contribution in [-0.4, -0.2) is 31.3 Å². The van der Waals surface area contributed by atoms with Crippen molar-refractivity contribution in [1.82, 2.24) is 0 Å². The average Bonchev–Trinajstić information content (AvgIpc) is 3.20. The summed E-state index contributed by atoms with van der Waals surface area (Å²) in [5.41, 5.74) is 1.73. The zero-order valence-corrected chi connectivity index (χ0v) is 15.9. The Labute approximate surface area is 160 Å². The predicted molar refractivity (Wildman–Crippen MR) is 105 cm³/mol. The molecule has 0 bridgehead atoms. The molecule has 27 heavy (non-hydrogen) atoms. The smallest absolute Gasteiger partial charge is 0.265 e. The van der Waals surface area contributed by atoms with Crippen LogP contribution in [0.15, 0.2) is 48.5 Å². The van der Waals surface area contributed by atoms with E-state index in [1.54, 1.807) is 0 Å². The summed E-state index contributed by atoms with van der Waals surface area (Å²) in [7, 11) is 0. The van der Waals surface area contributed by atoms with Gasteiger partial charge in [-0.05, 0) is 62.1 Å². The molecule has 1 N–H and O–H groups in total. The summed E-state index contributed by atoms with van der Waals surface area (Å²) in [5, 5.41) is 2.91. The van der Waals surface area contributed by atoms with Crippen molar-refractivity contribution in [2.24, 2.45) is 0 Å². The fraction of sp³-hybridized carbons (Fsp3) is 0.409. The monoisotopic (exact) mass is 369 g/mol. The van der Waals surface area contributed by atoms with Crippen molar-refractivity contribution < 1.29 is 19.0 Å². The van der Waals surface area contributed by atoms with Crippen molar-refractivity contribution >= 4 is 11.6 Å². The number of amides is 1. The van der Waals surface area contributed by atoms with Crippen molar-refractivity contribution in [3.05, 3.63) is 54.1 Å². The molecule has 5 heteroatoms. The molecule has 0 aromatic heterocycles. The molecule has 144 valence electrons. The van der Waals surface area contributed by atoms with E-state index in [0.717, 1.165) is 42.2 Å².